The molecule has 0 aromatic heterocycles. The minimum absolute atomic E-state index is 0.361. The largest absolute Gasteiger partial charge is 0.381 e. The second kappa shape index (κ2) is 6.53. The Morgan fingerprint density at radius 2 is 2.16 bits per heavy atom. The van der Waals surface area contributed by atoms with Crippen LogP contribution in [-0.4, -0.2) is 30.6 Å². The monoisotopic (exact) mass is 261 g/mol. The molecule has 1 N–H and O–H groups in total. The molecule has 1 aromatic rings. The third-order valence-corrected chi connectivity index (χ3v) is 3.59. The van der Waals surface area contributed by atoms with Crippen LogP contribution in [0.5, 0.6) is 0 Å². The number of nitrogens with zero attached hydrogens (tertiary/aromatic N) is 2. The highest BCUT2D eigenvalue weighted by atomic mass is 19.1. The van der Waals surface area contributed by atoms with Crippen LogP contribution in [-0.2, 0) is 0 Å². The van der Waals surface area contributed by atoms with Crippen LogP contribution in [0.25, 0.3) is 0 Å². The standard InChI is InChI=1S/C15H20FN3/c1-2-7-19-8-5-14(6-9-19)18-15-4-3-13(16)10-12(15)11-17/h3-4,10,14,18H,2,5-9H2,1H3. The van der Waals surface area contributed by atoms with E-state index in [0.29, 0.717) is 11.6 Å². The van der Waals surface area contributed by atoms with Crippen LogP contribution < -0.4 is 5.32 Å². The third kappa shape index (κ3) is 3.68. The summed E-state index contributed by atoms with van der Waals surface area (Å²) in [5, 5.41) is 12.4. The number of nitrogens with one attached hydrogen (secondary N) is 1. The van der Waals surface area contributed by atoms with Crippen LogP contribution in [0.2, 0.25) is 0 Å². The first-order chi connectivity index (χ1) is 9.22. The quantitative estimate of drug-likeness (QED) is 0.905. The van der Waals surface area contributed by atoms with Gasteiger partial charge in [0.2, 0.25) is 0 Å². The molecule has 4 heteroatoms. The smallest absolute Gasteiger partial charge is 0.124 e. The highest BCUT2D eigenvalue weighted by Gasteiger charge is 2.19. The van der Waals surface area contributed by atoms with Crippen molar-refractivity contribution in [3.8, 4) is 6.07 Å². The maximum Gasteiger partial charge on any atom is 0.124 e. The van der Waals surface area contributed by atoms with E-state index >= 15 is 0 Å². The van der Waals surface area contributed by atoms with Crippen LogP contribution in [0, 0.1) is 17.1 Å². The predicted octanol–water partition coefficient (Wildman–Crippen LogP) is 2.98. The minimum Gasteiger partial charge on any atom is -0.381 e. The molecular formula is C15H20FN3. The van der Waals surface area contributed by atoms with Gasteiger partial charge in [0.25, 0.3) is 0 Å². The fourth-order valence-electron chi connectivity index (χ4n) is 2.57. The molecular weight excluding hydrogens is 241 g/mol. The molecule has 1 aliphatic heterocycles. The molecule has 0 radical (unpaired) electrons. The summed E-state index contributed by atoms with van der Waals surface area (Å²) in [4.78, 5) is 2.47. The third-order valence-electron chi connectivity index (χ3n) is 3.59. The summed E-state index contributed by atoms with van der Waals surface area (Å²) in [6.45, 7) is 5.54. The first-order valence-electron chi connectivity index (χ1n) is 6.91. The number of hydrogen-bond donors (Lipinski definition) is 1. The molecule has 1 fully saturated rings. The van der Waals surface area contributed by atoms with Crippen LogP contribution in [0.4, 0.5) is 10.1 Å². The molecule has 1 heterocycles. The van der Waals surface area contributed by atoms with E-state index < -0.39 is 0 Å². The van der Waals surface area contributed by atoms with Crippen LogP contribution >= 0.6 is 0 Å². The first kappa shape index (κ1) is 13.8. The van der Waals surface area contributed by atoms with Crippen molar-refractivity contribution in [3.63, 3.8) is 0 Å². The Kier molecular flexibility index (Phi) is 4.75. The van der Waals surface area contributed by atoms with E-state index in [4.69, 9.17) is 5.26 Å². The Balaban J connectivity index is 1.94. The van der Waals surface area contributed by atoms with Gasteiger partial charge in [0.15, 0.2) is 0 Å². The number of benzene rings is 1. The van der Waals surface area contributed by atoms with Gasteiger partial charge in [-0.3, -0.25) is 0 Å². The number of hydrogen-bond acceptors (Lipinski definition) is 3. The highest BCUT2D eigenvalue weighted by molar-refractivity contribution is 5.57. The molecule has 1 saturated heterocycles. The van der Waals surface area contributed by atoms with E-state index in [9.17, 15) is 4.39 Å². The predicted molar refractivity (Wildman–Crippen MR) is 74.5 cm³/mol. The maximum absolute atomic E-state index is 13.1. The lowest BCUT2D eigenvalue weighted by Gasteiger charge is -2.32. The average molecular weight is 261 g/mol. The molecule has 1 aromatic carbocycles. The SMILES string of the molecule is CCCN1CCC(Nc2ccc(F)cc2C#N)CC1. The van der Waals surface area contributed by atoms with Crippen molar-refractivity contribution in [2.45, 2.75) is 32.2 Å². The molecule has 102 valence electrons. The first-order valence-corrected chi connectivity index (χ1v) is 6.91. The molecule has 0 aliphatic carbocycles. The van der Waals surface area contributed by atoms with Gasteiger partial charge in [-0.25, -0.2) is 4.39 Å². The number of anilines is 1. The van der Waals surface area contributed by atoms with E-state index in [0.717, 1.165) is 38.2 Å². The number of rotatable bonds is 4. The number of likely N-dealkylation sites (tertiary alicyclic amines) is 1. The molecule has 3 nitrogen and oxygen atoms in total. The number of nitriles is 1. The van der Waals surface area contributed by atoms with Crippen LogP contribution in [0.15, 0.2) is 18.2 Å². The second-order valence-corrected chi connectivity index (χ2v) is 5.06. The average Bonchev–Trinajstić information content (AvgIpc) is 2.43. The van der Waals surface area contributed by atoms with Crippen molar-refractivity contribution in [2.24, 2.45) is 0 Å². The van der Waals surface area contributed by atoms with Crippen molar-refractivity contribution in [1.82, 2.24) is 4.90 Å². The number of piperidine rings is 1. The molecule has 0 atom stereocenters. The van der Waals surface area contributed by atoms with E-state index in [-0.39, 0.29) is 5.82 Å². The zero-order valence-corrected chi connectivity index (χ0v) is 11.3. The van der Waals surface area contributed by atoms with Gasteiger partial charge in [-0.05, 0) is 44.0 Å². The zero-order valence-electron chi connectivity index (χ0n) is 11.3. The lowest BCUT2D eigenvalue weighted by atomic mass is 10.0. The summed E-state index contributed by atoms with van der Waals surface area (Å²) in [6.07, 6.45) is 3.33. The molecule has 0 amide bonds. The van der Waals surface area contributed by atoms with Gasteiger partial charge in [0.1, 0.15) is 11.9 Å². The van der Waals surface area contributed by atoms with E-state index in [1.54, 1.807) is 6.07 Å². The maximum atomic E-state index is 13.1. The second-order valence-electron chi connectivity index (χ2n) is 5.06. The summed E-state index contributed by atoms with van der Waals surface area (Å²) >= 11 is 0. The van der Waals surface area contributed by atoms with Gasteiger partial charge in [0.05, 0.1) is 11.3 Å². The Bertz CT molecular complexity index is 459. The van der Waals surface area contributed by atoms with Crippen molar-refractivity contribution in [2.75, 3.05) is 25.0 Å². The molecule has 1 aliphatic rings. The lowest BCUT2D eigenvalue weighted by molar-refractivity contribution is 0.219. The van der Waals surface area contributed by atoms with Gasteiger partial charge < -0.3 is 10.2 Å². The van der Waals surface area contributed by atoms with Crippen molar-refractivity contribution in [1.29, 1.82) is 5.26 Å². The van der Waals surface area contributed by atoms with Crippen molar-refractivity contribution < 1.29 is 4.39 Å². The zero-order chi connectivity index (χ0) is 13.7. The van der Waals surface area contributed by atoms with Crippen molar-refractivity contribution in [3.05, 3.63) is 29.6 Å². The van der Waals surface area contributed by atoms with Crippen LogP contribution in [0.1, 0.15) is 31.7 Å². The Labute approximate surface area is 114 Å². The Morgan fingerprint density at radius 3 is 2.79 bits per heavy atom. The normalized spacial score (nSPS) is 17.1. The van der Waals surface area contributed by atoms with Gasteiger partial charge in [-0.15, -0.1) is 0 Å². The topological polar surface area (TPSA) is 39.1 Å². The van der Waals surface area contributed by atoms with Crippen LogP contribution in [0.3, 0.4) is 0 Å². The summed E-state index contributed by atoms with van der Waals surface area (Å²) in [5.41, 5.74) is 1.13. The summed E-state index contributed by atoms with van der Waals surface area (Å²) in [6, 6.07) is 6.77. The molecule has 0 saturated carbocycles. The highest BCUT2D eigenvalue weighted by Crippen LogP contribution is 2.21. The van der Waals surface area contributed by atoms with Gasteiger partial charge in [-0.1, -0.05) is 6.92 Å². The minimum atomic E-state index is -0.361. The van der Waals surface area contributed by atoms with Gasteiger partial charge in [0, 0.05) is 19.1 Å². The molecule has 2 rings (SSSR count). The van der Waals surface area contributed by atoms with E-state index in [1.807, 2.05) is 6.07 Å². The van der Waals surface area contributed by atoms with E-state index in [2.05, 4.69) is 17.1 Å². The molecule has 19 heavy (non-hydrogen) atoms. The fourth-order valence-corrected chi connectivity index (χ4v) is 2.57. The van der Waals surface area contributed by atoms with Gasteiger partial charge >= 0.3 is 0 Å². The Hall–Kier alpha value is -1.60. The summed E-state index contributed by atoms with van der Waals surface area (Å²) in [7, 11) is 0. The van der Waals surface area contributed by atoms with E-state index in [1.165, 1.54) is 18.6 Å². The number of halogens is 1. The van der Waals surface area contributed by atoms with Crippen molar-refractivity contribution >= 4 is 5.69 Å². The fraction of sp³-hybridized carbons (Fsp3) is 0.533. The van der Waals surface area contributed by atoms with Gasteiger partial charge in [-0.2, -0.15) is 5.26 Å². The molecule has 0 unspecified atom stereocenters. The lowest BCUT2D eigenvalue weighted by Crippen LogP contribution is -2.39. The molecule has 0 bridgehead atoms. The summed E-state index contributed by atoms with van der Waals surface area (Å²) < 4.78 is 13.1. The molecule has 0 spiro atoms. The Morgan fingerprint density at radius 1 is 1.42 bits per heavy atom. The summed E-state index contributed by atoms with van der Waals surface area (Å²) in [5.74, 6) is -0.361.